The number of carbonyl (C=O) groups is 1. The minimum Gasteiger partial charge on any atom is -0.484 e. The Labute approximate surface area is 224 Å². The topological polar surface area (TPSA) is 75.7 Å². The summed E-state index contributed by atoms with van der Waals surface area (Å²) in [5.41, 5.74) is 1.46. The van der Waals surface area contributed by atoms with Crippen LogP contribution in [0.15, 0.2) is 95.9 Å². The lowest BCUT2D eigenvalue weighted by Gasteiger charge is -2.25. The lowest BCUT2D eigenvalue weighted by atomic mass is 10.2. The molecule has 10 heteroatoms. The summed E-state index contributed by atoms with van der Waals surface area (Å²) in [6, 6.07) is 22.8. The van der Waals surface area contributed by atoms with Crippen molar-refractivity contribution >= 4 is 38.9 Å². The highest BCUT2D eigenvalue weighted by Gasteiger charge is 2.25. The number of hydrogen-bond acceptors (Lipinski definition) is 4. The normalized spacial score (nSPS) is 11.2. The van der Waals surface area contributed by atoms with E-state index in [1.807, 2.05) is 6.92 Å². The van der Waals surface area contributed by atoms with Crippen LogP contribution in [0.2, 0.25) is 5.02 Å². The van der Waals surface area contributed by atoms with Crippen LogP contribution < -0.4 is 14.4 Å². The van der Waals surface area contributed by atoms with Gasteiger partial charge >= 0.3 is 0 Å². The number of hydrogen-bond donors (Lipinski definition) is 1. The van der Waals surface area contributed by atoms with E-state index in [9.17, 15) is 22.0 Å². The number of benzene rings is 4. The Bertz CT molecular complexity index is 1510. The third-order valence-corrected chi connectivity index (χ3v) is 7.61. The second kappa shape index (κ2) is 11.6. The van der Waals surface area contributed by atoms with Crippen LogP contribution in [-0.4, -0.2) is 20.9 Å². The van der Waals surface area contributed by atoms with E-state index in [1.54, 1.807) is 60.7 Å². The molecule has 0 radical (unpaired) electrons. The average molecular weight is 557 g/mol. The molecule has 4 aromatic rings. The Hall–Kier alpha value is -3.95. The summed E-state index contributed by atoms with van der Waals surface area (Å²) in [5, 5.41) is 2.67. The molecule has 0 aromatic heterocycles. The van der Waals surface area contributed by atoms with Gasteiger partial charge in [-0.1, -0.05) is 47.5 Å². The van der Waals surface area contributed by atoms with Gasteiger partial charge in [-0.15, -0.1) is 0 Å². The first-order valence-corrected chi connectivity index (χ1v) is 13.3. The summed E-state index contributed by atoms with van der Waals surface area (Å²) in [7, 11) is -3.94. The molecule has 0 atom stereocenters. The van der Waals surface area contributed by atoms with Crippen molar-refractivity contribution in [2.24, 2.45) is 0 Å². The Morgan fingerprint density at radius 1 is 0.895 bits per heavy atom. The Morgan fingerprint density at radius 2 is 1.50 bits per heavy atom. The number of ether oxygens (including phenoxy) is 1. The highest BCUT2D eigenvalue weighted by Crippen LogP contribution is 2.28. The Kier molecular flexibility index (Phi) is 8.29. The van der Waals surface area contributed by atoms with E-state index in [0.29, 0.717) is 10.7 Å². The molecule has 1 N–H and O–H groups in total. The van der Waals surface area contributed by atoms with Gasteiger partial charge < -0.3 is 10.1 Å². The van der Waals surface area contributed by atoms with Crippen LogP contribution in [0, 0.1) is 18.6 Å². The van der Waals surface area contributed by atoms with Crippen LogP contribution in [0.1, 0.15) is 11.1 Å². The average Bonchev–Trinajstić information content (AvgIpc) is 2.90. The quantitative estimate of drug-likeness (QED) is 0.261. The van der Waals surface area contributed by atoms with Crippen molar-refractivity contribution in [3.8, 4) is 5.75 Å². The number of nitrogens with zero attached hydrogens (tertiary/aromatic N) is 1. The summed E-state index contributed by atoms with van der Waals surface area (Å²) in [5.74, 6) is -2.31. The minimum absolute atomic E-state index is 0.0458. The zero-order valence-electron chi connectivity index (χ0n) is 20.2. The summed E-state index contributed by atoms with van der Waals surface area (Å²) in [6.45, 7) is 1.40. The van der Waals surface area contributed by atoms with E-state index in [2.05, 4.69) is 5.32 Å². The number of rotatable bonds is 9. The molecule has 0 spiro atoms. The molecule has 0 saturated heterocycles. The van der Waals surface area contributed by atoms with Crippen molar-refractivity contribution < 1.29 is 26.7 Å². The number of anilines is 2. The molecule has 0 unspecified atom stereocenters. The summed E-state index contributed by atoms with van der Waals surface area (Å²) < 4.78 is 61.4. The van der Waals surface area contributed by atoms with Gasteiger partial charge in [-0.2, -0.15) is 0 Å². The maximum atomic E-state index is 13.8. The highest BCUT2D eigenvalue weighted by atomic mass is 35.5. The fourth-order valence-electron chi connectivity index (χ4n) is 3.56. The lowest BCUT2D eigenvalue weighted by molar-refractivity contribution is -0.118. The van der Waals surface area contributed by atoms with Crippen LogP contribution >= 0.6 is 11.6 Å². The second-order valence-corrected chi connectivity index (χ2v) is 10.7. The molecule has 0 aliphatic carbocycles. The monoisotopic (exact) mass is 556 g/mol. The smallest absolute Gasteiger partial charge is 0.264 e. The van der Waals surface area contributed by atoms with E-state index in [-0.39, 0.29) is 17.2 Å². The zero-order chi connectivity index (χ0) is 27.3. The second-order valence-electron chi connectivity index (χ2n) is 8.38. The Balaban J connectivity index is 1.53. The molecule has 0 saturated carbocycles. The van der Waals surface area contributed by atoms with Crippen LogP contribution in [0.25, 0.3) is 0 Å². The van der Waals surface area contributed by atoms with Gasteiger partial charge in [-0.3, -0.25) is 9.10 Å². The molecule has 4 aromatic carbocycles. The molecule has 0 aliphatic rings. The SMILES string of the molecule is Cc1ccc(S(=O)(=O)N(Cc2ccc(Cl)cc2)c2ccc(OCC(=O)Nc3c(F)cccc3F)cc2)cc1. The maximum Gasteiger partial charge on any atom is 0.264 e. The molecule has 1 amide bonds. The van der Waals surface area contributed by atoms with Crippen molar-refractivity contribution in [1.82, 2.24) is 0 Å². The van der Waals surface area contributed by atoms with Gasteiger partial charge in [0, 0.05) is 5.02 Å². The van der Waals surface area contributed by atoms with Crippen LogP contribution in [0.4, 0.5) is 20.2 Å². The molecule has 0 aliphatic heterocycles. The molecule has 6 nitrogen and oxygen atoms in total. The molecule has 0 heterocycles. The number of para-hydroxylation sites is 1. The molecular formula is C28H23ClF2N2O4S. The first-order chi connectivity index (χ1) is 18.1. The molecule has 0 fully saturated rings. The largest absolute Gasteiger partial charge is 0.484 e. The van der Waals surface area contributed by atoms with Crippen LogP contribution in [0.5, 0.6) is 5.75 Å². The van der Waals surface area contributed by atoms with Crippen LogP contribution in [0.3, 0.4) is 0 Å². The van der Waals surface area contributed by atoms with Crippen molar-refractivity contribution in [3.05, 3.63) is 119 Å². The minimum atomic E-state index is -3.94. The van der Waals surface area contributed by atoms with Crippen LogP contribution in [-0.2, 0) is 21.4 Å². The molecule has 38 heavy (non-hydrogen) atoms. The predicted octanol–water partition coefficient (Wildman–Crippen LogP) is 6.34. The number of sulfonamides is 1. The van der Waals surface area contributed by atoms with Gasteiger partial charge in [0.15, 0.2) is 6.61 Å². The van der Waals surface area contributed by atoms with Gasteiger partial charge in [0.05, 0.1) is 17.1 Å². The molecule has 4 rings (SSSR count). The van der Waals surface area contributed by atoms with E-state index in [0.717, 1.165) is 23.3 Å². The standard InChI is InChI=1S/C28H23ClF2N2O4S/c1-19-5-15-24(16-6-19)38(35,36)33(17-20-7-9-21(29)10-8-20)22-11-13-23(14-12-22)37-18-27(34)32-28-25(30)3-2-4-26(28)31/h2-16H,17-18H2,1H3,(H,32,34). The fraction of sp³-hybridized carbons (Fsp3) is 0.107. The van der Waals surface area contributed by atoms with E-state index in [4.69, 9.17) is 16.3 Å². The van der Waals surface area contributed by atoms with E-state index >= 15 is 0 Å². The van der Waals surface area contributed by atoms with Crippen molar-refractivity contribution in [3.63, 3.8) is 0 Å². The van der Waals surface area contributed by atoms with Crippen molar-refractivity contribution in [2.75, 3.05) is 16.2 Å². The van der Waals surface area contributed by atoms with Gasteiger partial charge in [-0.05, 0) is 73.2 Å². The Morgan fingerprint density at radius 3 is 2.11 bits per heavy atom. The number of amides is 1. The number of aryl methyl sites for hydroxylation is 1. The number of halogens is 3. The van der Waals surface area contributed by atoms with Gasteiger partial charge in [-0.25, -0.2) is 17.2 Å². The van der Waals surface area contributed by atoms with Gasteiger partial charge in [0.2, 0.25) is 0 Å². The molecule has 196 valence electrons. The van der Waals surface area contributed by atoms with E-state index < -0.39 is 39.9 Å². The summed E-state index contributed by atoms with van der Waals surface area (Å²) in [6.07, 6.45) is 0. The first kappa shape index (κ1) is 27.1. The third-order valence-electron chi connectivity index (χ3n) is 5.57. The van der Waals surface area contributed by atoms with Crippen molar-refractivity contribution in [2.45, 2.75) is 18.4 Å². The molecular weight excluding hydrogens is 534 g/mol. The zero-order valence-corrected chi connectivity index (χ0v) is 21.8. The maximum absolute atomic E-state index is 13.8. The number of carbonyl (C=O) groups excluding carboxylic acids is 1. The lowest BCUT2D eigenvalue weighted by Crippen LogP contribution is -2.30. The third kappa shape index (κ3) is 6.48. The fourth-order valence-corrected chi connectivity index (χ4v) is 5.14. The summed E-state index contributed by atoms with van der Waals surface area (Å²) in [4.78, 5) is 12.3. The first-order valence-electron chi connectivity index (χ1n) is 11.4. The van der Waals surface area contributed by atoms with Crippen molar-refractivity contribution in [1.29, 1.82) is 0 Å². The molecule has 0 bridgehead atoms. The predicted molar refractivity (Wildman–Crippen MR) is 143 cm³/mol. The summed E-state index contributed by atoms with van der Waals surface area (Å²) >= 11 is 5.98. The van der Waals surface area contributed by atoms with E-state index in [1.165, 1.54) is 22.5 Å². The van der Waals surface area contributed by atoms with Gasteiger partial charge in [0.25, 0.3) is 15.9 Å². The highest BCUT2D eigenvalue weighted by molar-refractivity contribution is 7.92. The number of nitrogens with one attached hydrogen (secondary N) is 1. The van der Waals surface area contributed by atoms with Gasteiger partial charge in [0.1, 0.15) is 23.1 Å².